The molecule has 1 heterocycles. The first-order chi connectivity index (χ1) is 10.2. The molecule has 1 aliphatic heterocycles. The third-order valence-electron chi connectivity index (χ3n) is 6.37. The predicted octanol–water partition coefficient (Wildman–Crippen LogP) is 3.30. The summed E-state index contributed by atoms with van der Waals surface area (Å²) in [5.74, 6) is 1.52. The fourth-order valence-electron chi connectivity index (χ4n) is 5.37. The summed E-state index contributed by atoms with van der Waals surface area (Å²) in [6.07, 6.45) is 6.02. The molecular weight excluding hydrogens is 298 g/mol. The number of aliphatic hydroxyl groups excluding tert-OH is 1. The highest BCUT2D eigenvalue weighted by atomic mass is 35.5. The van der Waals surface area contributed by atoms with Crippen molar-refractivity contribution < 1.29 is 9.84 Å². The van der Waals surface area contributed by atoms with Crippen molar-refractivity contribution in [3.05, 3.63) is 29.3 Å². The van der Waals surface area contributed by atoms with E-state index in [1.807, 2.05) is 6.07 Å². The number of rotatable bonds is 1. The number of likely N-dealkylation sites (N-methyl/N-ethyl adjacent to an activating group) is 1. The molecule has 1 aromatic carbocycles. The van der Waals surface area contributed by atoms with Gasteiger partial charge in [-0.2, -0.15) is 0 Å². The molecule has 2 fully saturated rings. The zero-order valence-electron chi connectivity index (χ0n) is 13.4. The van der Waals surface area contributed by atoms with Gasteiger partial charge in [-0.15, -0.1) is 12.4 Å². The number of hydrogen-bond donors (Lipinski definition) is 1. The second-order valence-corrected chi connectivity index (χ2v) is 7.13. The molecule has 1 N–H and O–H groups in total. The van der Waals surface area contributed by atoms with Gasteiger partial charge in [0.2, 0.25) is 0 Å². The number of methoxy groups -OCH3 is 1. The fraction of sp³-hybridized carbons (Fsp3) is 0.667. The van der Waals surface area contributed by atoms with Gasteiger partial charge in [0, 0.05) is 11.5 Å². The highest BCUT2D eigenvalue weighted by molar-refractivity contribution is 5.85. The Hall–Kier alpha value is -0.770. The van der Waals surface area contributed by atoms with E-state index >= 15 is 0 Å². The van der Waals surface area contributed by atoms with Gasteiger partial charge >= 0.3 is 0 Å². The van der Waals surface area contributed by atoms with E-state index in [2.05, 4.69) is 24.1 Å². The van der Waals surface area contributed by atoms with Crippen LogP contribution in [0.3, 0.4) is 0 Å². The molecule has 4 rings (SSSR count). The van der Waals surface area contributed by atoms with Crippen LogP contribution in [0.1, 0.15) is 49.3 Å². The minimum absolute atomic E-state index is 0. The molecule has 4 atom stereocenters. The van der Waals surface area contributed by atoms with Crippen LogP contribution in [-0.4, -0.2) is 36.8 Å². The first kappa shape index (κ1) is 16.1. The molecular formula is C18H26ClNO2. The zero-order chi connectivity index (χ0) is 14.6. The van der Waals surface area contributed by atoms with Gasteiger partial charge in [0.1, 0.15) is 5.75 Å². The predicted molar refractivity (Wildman–Crippen MR) is 89.9 cm³/mol. The summed E-state index contributed by atoms with van der Waals surface area (Å²) in [7, 11) is 3.91. The summed E-state index contributed by atoms with van der Waals surface area (Å²) >= 11 is 0. The minimum atomic E-state index is -0.354. The van der Waals surface area contributed by atoms with Gasteiger partial charge in [-0.05, 0) is 62.0 Å². The Morgan fingerprint density at radius 3 is 2.86 bits per heavy atom. The molecule has 22 heavy (non-hydrogen) atoms. The van der Waals surface area contributed by atoms with Crippen LogP contribution in [0, 0.1) is 5.92 Å². The Balaban J connectivity index is 0.00000144. The Bertz CT molecular complexity index is 564. The van der Waals surface area contributed by atoms with Gasteiger partial charge in [-0.3, -0.25) is 0 Å². The number of likely N-dealkylation sites (tertiary alicyclic amines) is 1. The van der Waals surface area contributed by atoms with Gasteiger partial charge in [0.25, 0.3) is 0 Å². The van der Waals surface area contributed by atoms with E-state index in [4.69, 9.17) is 4.74 Å². The van der Waals surface area contributed by atoms with Crippen molar-refractivity contribution in [1.82, 2.24) is 4.90 Å². The Labute approximate surface area is 139 Å². The molecule has 0 unspecified atom stereocenters. The lowest BCUT2D eigenvalue weighted by molar-refractivity contribution is -0.0680. The van der Waals surface area contributed by atoms with E-state index in [1.165, 1.54) is 37.7 Å². The molecule has 0 radical (unpaired) electrons. The molecule has 2 bridgehead atoms. The minimum Gasteiger partial charge on any atom is -0.497 e. The summed E-state index contributed by atoms with van der Waals surface area (Å²) < 4.78 is 5.46. The van der Waals surface area contributed by atoms with Crippen molar-refractivity contribution in [1.29, 1.82) is 0 Å². The lowest BCUT2D eigenvalue weighted by atomic mass is 9.52. The third kappa shape index (κ3) is 2.02. The number of nitrogens with zero attached hydrogens (tertiary/aromatic N) is 1. The van der Waals surface area contributed by atoms with Crippen LogP contribution in [0.25, 0.3) is 0 Å². The molecule has 3 nitrogen and oxygen atoms in total. The monoisotopic (exact) mass is 323 g/mol. The molecule has 122 valence electrons. The summed E-state index contributed by atoms with van der Waals surface area (Å²) in [5.41, 5.74) is 2.80. The SMILES string of the molecule is COc1ccc2c(c1)[C@]13CCCC[C@@H]1[C@H]([C@H]2O)N(C)CC3.Cl. The van der Waals surface area contributed by atoms with Crippen LogP contribution in [0.4, 0.5) is 0 Å². The zero-order valence-corrected chi connectivity index (χ0v) is 14.2. The first-order valence-corrected chi connectivity index (χ1v) is 8.24. The lowest BCUT2D eigenvalue weighted by Gasteiger charge is -2.59. The van der Waals surface area contributed by atoms with E-state index in [9.17, 15) is 5.11 Å². The van der Waals surface area contributed by atoms with Crippen molar-refractivity contribution in [2.45, 2.75) is 49.7 Å². The number of hydrogen-bond acceptors (Lipinski definition) is 3. The molecule has 2 aliphatic carbocycles. The Morgan fingerprint density at radius 1 is 1.27 bits per heavy atom. The average molecular weight is 324 g/mol. The number of benzene rings is 1. The molecule has 0 amide bonds. The number of piperidine rings is 1. The smallest absolute Gasteiger partial charge is 0.119 e. The van der Waals surface area contributed by atoms with Crippen LogP contribution in [0.2, 0.25) is 0 Å². The van der Waals surface area contributed by atoms with Crippen LogP contribution in [-0.2, 0) is 5.41 Å². The molecule has 0 spiro atoms. The molecule has 4 heteroatoms. The third-order valence-corrected chi connectivity index (χ3v) is 6.37. The van der Waals surface area contributed by atoms with Gasteiger partial charge in [0.15, 0.2) is 0 Å². The molecule has 1 aromatic rings. The summed E-state index contributed by atoms with van der Waals surface area (Å²) in [6.45, 7) is 1.09. The summed E-state index contributed by atoms with van der Waals surface area (Å²) in [4.78, 5) is 2.39. The highest BCUT2D eigenvalue weighted by Gasteiger charge is 2.56. The van der Waals surface area contributed by atoms with Crippen LogP contribution in [0.5, 0.6) is 5.75 Å². The van der Waals surface area contributed by atoms with Gasteiger partial charge < -0.3 is 14.7 Å². The maximum Gasteiger partial charge on any atom is 0.119 e. The van der Waals surface area contributed by atoms with Crippen LogP contribution >= 0.6 is 12.4 Å². The van der Waals surface area contributed by atoms with Gasteiger partial charge in [-0.1, -0.05) is 18.9 Å². The van der Waals surface area contributed by atoms with E-state index in [1.54, 1.807) is 7.11 Å². The van der Waals surface area contributed by atoms with Crippen molar-refractivity contribution >= 4 is 12.4 Å². The van der Waals surface area contributed by atoms with Crippen molar-refractivity contribution in [2.75, 3.05) is 20.7 Å². The number of aliphatic hydroxyl groups is 1. The number of ether oxygens (including phenoxy) is 1. The maximum absolute atomic E-state index is 11.0. The van der Waals surface area contributed by atoms with E-state index in [-0.39, 0.29) is 23.9 Å². The fourth-order valence-corrected chi connectivity index (χ4v) is 5.37. The Morgan fingerprint density at radius 2 is 2.09 bits per heavy atom. The van der Waals surface area contributed by atoms with Crippen molar-refractivity contribution in [3.8, 4) is 5.75 Å². The summed E-state index contributed by atoms with van der Waals surface area (Å²) in [5, 5.41) is 11.0. The maximum atomic E-state index is 11.0. The van der Waals surface area contributed by atoms with Crippen molar-refractivity contribution in [2.24, 2.45) is 5.92 Å². The van der Waals surface area contributed by atoms with Gasteiger partial charge in [0.05, 0.1) is 13.2 Å². The second-order valence-electron chi connectivity index (χ2n) is 7.13. The van der Waals surface area contributed by atoms with Gasteiger partial charge in [-0.25, -0.2) is 0 Å². The van der Waals surface area contributed by atoms with Crippen LogP contribution < -0.4 is 4.74 Å². The number of halogens is 1. The van der Waals surface area contributed by atoms with E-state index in [0.717, 1.165) is 17.9 Å². The van der Waals surface area contributed by atoms with Crippen molar-refractivity contribution in [3.63, 3.8) is 0 Å². The topological polar surface area (TPSA) is 32.7 Å². The largest absolute Gasteiger partial charge is 0.497 e. The second kappa shape index (κ2) is 5.70. The Kier molecular flexibility index (Phi) is 4.17. The van der Waals surface area contributed by atoms with E-state index < -0.39 is 0 Å². The van der Waals surface area contributed by atoms with Crippen LogP contribution in [0.15, 0.2) is 18.2 Å². The molecule has 0 aromatic heterocycles. The normalized spacial score (nSPS) is 36.8. The lowest BCUT2D eigenvalue weighted by Crippen LogP contribution is -2.61. The molecule has 1 saturated heterocycles. The number of fused-ring (bicyclic) bond motifs is 1. The standard InChI is InChI=1S/C18H25NO2.ClH/c1-19-10-9-18-8-4-3-5-14(18)16(19)17(20)13-7-6-12(21-2)11-15(13)18;/h6-7,11,14,16-17,20H,3-5,8-10H2,1-2H3;1H/t14-,16-,17+,18+;/m1./s1. The highest BCUT2D eigenvalue weighted by Crippen LogP contribution is 2.58. The summed E-state index contributed by atoms with van der Waals surface area (Å²) in [6, 6.07) is 6.59. The average Bonchev–Trinajstić information content (AvgIpc) is 2.53. The van der Waals surface area contributed by atoms with E-state index in [0.29, 0.717) is 12.0 Å². The molecule has 3 aliphatic rings. The first-order valence-electron chi connectivity index (χ1n) is 8.24. The molecule has 1 saturated carbocycles. The quantitative estimate of drug-likeness (QED) is 0.860.